The molecule has 2 N–H and O–H groups in total. The van der Waals surface area contributed by atoms with E-state index in [9.17, 15) is 0 Å². The van der Waals surface area contributed by atoms with Crippen LogP contribution in [0, 0.1) is 5.92 Å². The Bertz CT molecular complexity index is 162. The van der Waals surface area contributed by atoms with Crippen molar-refractivity contribution in [2.45, 2.75) is 6.17 Å². The van der Waals surface area contributed by atoms with Gasteiger partial charge in [-0.3, -0.25) is 10.4 Å². The molecule has 2 heterocycles. The van der Waals surface area contributed by atoms with E-state index in [-0.39, 0.29) is 0 Å². The van der Waals surface area contributed by atoms with E-state index in [4.69, 9.17) is 0 Å². The van der Waals surface area contributed by atoms with Crippen LogP contribution in [0.15, 0.2) is 10.1 Å². The lowest BCUT2D eigenvalue weighted by molar-refractivity contribution is 0.445. The first-order valence-electron chi connectivity index (χ1n) is 3.00. The smallest absolute Gasteiger partial charge is 0.123 e. The van der Waals surface area contributed by atoms with Crippen LogP contribution in [0.4, 0.5) is 0 Å². The van der Waals surface area contributed by atoms with Gasteiger partial charge in [0.15, 0.2) is 0 Å². The minimum absolute atomic E-state index is 0.294. The van der Waals surface area contributed by atoms with Crippen LogP contribution in [-0.4, -0.2) is 25.3 Å². The maximum atomic E-state index is 4.05. The van der Waals surface area contributed by atoms with Crippen LogP contribution >= 0.6 is 0 Å². The van der Waals surface area contributed by atoms with E-state index >= 15 is 0 Å². The van der Waals surface area contributed by atoms with E-state index in [1.54, 1.807) is 6.34 Å². The fraction of sp³-hybridized carbons (Fsp3) is 0.600. The highest BCUT2D eigenvalue weighted by Crippen LogP contribution is 2.06. The molecule has 0 fully saturated rings. The number of nitrogens with zero attached hydrogens (tertiary/aromatic N) is 2. The molecule has 9 heavy (non-hydrogen) atoms. The number of fused-ring (bicyclic) bond motifs is 1. The summed E-state index contributed by atoms with van der Waals surface area (Å²) in [5, 5.41) is 6.96. The van der Waals surface area contributed by atoms with Crippen LogP contribution in [0.2, 0.25) is 0 Å². The third-order valence-electron chi connectivity index (χ3n) is 1.57. The van der Waals surface area contributed by atoms with Crippen LogP contribution < -0.4 is 10.7 Å². The Morgan fingerprint density at radius 3 is 3.44 bits per heavy atom. The van der Waals surface area contributed by atoms with Gasteiger partial charge in [-0.1, -0.05) is 0 Å². The normalized spacial score (nSPS) is 37.3. The molecule has 2 unspecified atom stereocenters. The summed E-state index contributed by atoms with van der Waals surface area (Å²) in [6.07, 6.45) is 3.92. The van der Waals surface area contributed by atoms with Crippen molar-refractivity contribution in [3.63, 3.8) is 0 Å². The molecule has 2 aliphatic rings. The lowest BCUT2D eigenvalue weighted by atomic mass is 10.1. The van der Waals surface area contributed by atoms with Gasteiger partial charge in [-0.25, -0.2) is 0 Å². The largest absolute Gasteiger partial charge is 0.355 e. The van der Waals surface area contributed by atoms with Gasteiger partial charge in [0, 0.05) is 6.21 Å². The third-order valence-corrected chi connectivity index (χ3v) is 1.57. The van der Waals surface area contributed by atoms with Crippen molar-refractivity contribution in [1.82, 2.24) is 10.7 Å². The van der Waals surface area contributed by atoms with Crippen LogP contribution in [0.1, 0.15) is 0 Å². The zero-order chi connectivity index (χ0) is 6.10. The summed E-state index contributed by atoms with van der Waals surface area (Å²) in [6, 6.07) is 0. The number of hydrazone groups is 1. The summed E-state index contributed by atoms with van der Waals surface area (Å²) < 4.78 is 0. The van der Waals surface area contributed by atoms with Gasteiger partial charge in [0.05, 0.1) is 18.8 Å². The molecule has 0 aromatic rings. The first-order chi connectivity index (χ1) is 4.47. The minimum Gasteiger partial charge on any atom is -0.355 e. The SMILES string of the molecule is C1=NCC2C=NNC2N1. The highest BCUT2D eigenvalue weighted by atomic mass is 15.4. The van der Waals surface area contributed by atoms with Crippen molar-refractivity contribution < 1.29 is 0 Å². The molecule has 2 aliphatic heterocycles. The molecule has 0 saturated heterocycles. The molecule has 0 aliphatic carbocycles. The minimum atomic E-state index is 0.294. The average molecular weight is 124 g/mol. The Labute approximate surface area is 53.0 Å². The molecule has 0 spiro atoms. The average Bonchev–Trinajstić information content (AvgIpc) is 2.33. The second-order valence-electron chi connectivity index (χ2n) is 2.21. The Morgan fingerprint density at radius 2 is 2.56 bits per heavy atom. The molecule has 4 heteroatoms. The van der Waals surface area contributed by atoms with Gasteiger partial charge >= 0.3 is 0 Å². The molecule has 48 valence electrons. The predicted molar refractivity (Wildman–Crippen MR) is 35.4 cm³/mol. The second kappa shape index (κ2) is 1.72. The van der Waals surface area contributed by atoms with E-state index in [1.807, 2.05) is 6.21 Å². The van der Waals surface area contributed by atoms with E-state index in [0.717, 1.165) is 6.54 Å². The fourth-order valence-corrected chi connectivity index (χ4v) is 1.02. The molecule has 0 amide bonds. The monoisotopic (exact) mass is 124 g/mol. The number of hydrogen-bond acceptors (Lipinski definition) is 4. The third kappa shape index (κ3) is 0.667. The van der Waals surface area contributed by atoms with Crippen molar-refractivity contribution in [2.75, 3.05) is 6.54 Å². The molecule has 4 nitrogen and oxygen atoms in total. The van der Waals surface area contributed by atoms with Crippen LogP contribution in [0.5, 0.6) is 0 Å². The van der Waals surface area contributed by atoms with Crippen molar-refractivity contribution in [2.24, 2.45) is 16.0 Å². The summed E-state index contributed by atoms with van der Waals surface area (Å²) >= 11 is 0. The molecule has 2 atom stereocenters. The second-order valence-corrected chi connectivity index (χ2v) is 2.21. The number of rotatable bonds is 0. The van der Waals surface area contributed by atoms with Gasteiger partial charge < -0.3 is 5.32 Å². The first-order valence-corrected chi connectivity index (χ1v) is 3.00. The van der Waals surface area contributed by atoms with Crippen molar-refractivity contribution >= 4 is 12.6 Å². The highest BCUT2D eigenvalue weighted by molar-refractivity contribution is 5.68. The Hall–Kier alpha value is -1.06. The fourth-order valence-electron chi connectivity index (χ4n) is 1.02. The maximum absolute atomic E-state index is 4.05. The van der Waals surface area contributed by atoms with Crippen LogP contribution in [0.3, 0.4) is 0 Å². The Kier molecular flexibility index (Phi) is 0.913. The van der Waals surface area contributed by atoms with Crippen molar-refractivity contribution in [3.8, 4) is 0 Å². The van der Waals surface area contributed by atoms with Gasteiger partial charge in [-0.15, -0.1) is 0 Å². The summed E-state index contributed by atoms with van der Waals surface area (Å²) in [7, 11) is 0. The summed E-state index contributed by atoms with van der Waals surface area (Å²) in [6.45, 7) is 0.855. The Morgan fingerprint density at radius 1 is 1.56 bits per heavy atom. The standard InChI is InChI=1S/C5H8N4/c1-4-2-8-9-5(4)7-3-6-1/h2-5,9H,1H2,(H,6,7). The molecular formula is C5H8N4. The molecule has 0 bridgehead atoms. The highest BCUT2D eigenvalue weighted by Gasteiger charge is 2.24. The molecule has 0 aromatic carbocycles. The van der Waals surface area contributed by atoms with Gasteiger partial charge in [0.25, 0.3) is 0 Å². The zero-order valence-electron chi connectivity index (χ0n) is 4.91. The van der Waals surface area contributed by atoms with Gasteiger partial charge in [-0.05, 0) is 0 Å². The van der Waals surface area contributed by atoms with Crippen molar-refractivity contribution in [1.29, 1.82) is 0 Å². The van der Waals surface area contributed by atoms with Crippen LogP contribution in [-0.2, 0) is 0 Å². The molecule has 0 radical (unpaired) electrons. The summed E-state index contributed by atoms with van der Waals surface area (Å²) in [5.74, 6) is 0.454. The maximum Gasteiger partial charge on any atom is 0.123 e. The van der Waals surface area contributed by atoms with E-state index in [0.29, 0.717) is 12.1 Å². The first kappa shape index (κ1) is 4.78. The quantitative estimate of drug-likeness (QED) is 0.442. The predicted octanol–water partition coefficient (Wildman–Crippen LogP) is -0.851. The van der Waals surface area contributed by atoms with Gasteiger partial charge in [0.2, 0.25) is 0 Å². The van der Waals surface area contributed by atoms with Crippen LogP contribution in [0.25, 0.3) is 0 Å². The number of aliphatic imine (C=N–C) groups is 1. The van der Waals surface area contributed by atoms with E-state index in [2.05, 4.69) is 20.8 Å². The van der Waals surface area contributed by atoms with E-state index < -0.39 is 0 Å². The summed E-state index contributed by atoms with van der Waals surface area (Å²) in [4.78, 5) is 4.05. The molecule has 2 rings (SSSR count). The number of nitrogens with one attached hydrogen (secondary N) is 2. The van der Waals surface area contributed by atoms with Crippen molar-refractivity contribution in [3.05, 3.63) is 0 Å². The molecular weight excluding hydrogens is 116 g/mol. The number of hydrogen-bond donors (Lipinski definition) is 2. The summed E-state index contributed by atoms with van der Waals surface area (Å²) in [5.41, 5.74) is 2.93. The lowest BCUT2D eigenvalue weighted by Gasteiger charge is -2.19. The molecule has 0 aromatic heterocycles. The topological polar surface area (TPSA) is 48.8 Å². The Balaban J connectivity index is 2.13. The lowest BCUT2D eigenvalue weighted by Crippen LogP contribution is -2.45. The van der Waals surface area contributed by atoms with E-state index in [1.165, 1.54) is 0 Å². The van der Waals surface area contributed by atoms with Gasteiger partial charge in [-0.2, -0.15) is 5.10 Å². The zero-order valence-corrected chi connectivity index (χ0v) is 4.91. The molecule has 0 saturated carbocycles. The van der Waals surface area contributed by atoms with Gasteiger partial charge in [0.1, 0.15) is 6.17 Å².